The van der Waals surface area contributed by atoms with Crippen LogP contribution in [0.1, 0.15) is 44.7 Å². The van der Waals surface area contributed by atoms with Gasteiger partial charge in [-0.3, -0.25) is 4.90 Å². The molecule has 1 atom stereocenters. The highest BCUT2D eigenvalue weighted by molar-refractivity contribution is 5.29. The van der Waals surface area contributed by atoms with Crippen molar-refractivity contribution in [2.45, 2.75) is 39.2 Å². The van der Waals surface area contributed by atoms with Gasteiger partial charge in [0.05, 0.1) is 6.61 Å². The fraction of sp³-hybridized carbons (Fsp3) is 0.625. The maximum atomic E-state index is 5.92. The molecule has 0 fully saturated rings. The number of benzene rings is 1. The minimum absolute atomic E-state index is 0.298. The Labute approximate surface area is 117 Å². The summed E-state index contributed by atoms with van der Waals surface area (Å²) in [5, 5.41) is 0. The van der Waals surface area contributed by atoms with E-state index < -0.39 is 0 Å². The van der Waals surface area contributed by atoms with Gasteiger partial charge in [-0.05, 0) is 44.1 Å². The van der Waals surface area contributed by atoms with E-state index in [1.807, 2.05) is 12.1 Å². The van der Waals surface area contributed by atoms with Gasteiger partial charge < -0.3 is 10.5 Å². The first-order valence-corrected chi connectivity index (χ1v) is 7.36. The summed E-state index contributed by atoms with van der Waals surface area (Å²) in [6, 6.07) is 8.64. The SMILES string of the molecule is CCCCN(C)C(CN)c1ccc(OCCC)cc1. The number of hydrogen-bond acceptors (Lipinski definition) is 3. The second kappa shape index (κ2) is 8.94. The molecule has 1 aromatic rings. The normalized spacial score (nSPS) is 12.7. The van der Waals surface area contributed by atoms with Crippen molar-refractivity contribution in [1.82, 2.24) is 4.90 Å². The minimum Gasteiger partial charge on any atom is -0.494 e. The van der Waals surface area contributed by atoms with E-state index in [-0.39, 0.29) is 0 Å². The maximum Gasteiger partial charge on any atom is 0.119 e. The van der Waals surface area contributed by atoms with Crippen LogP contribution in [0, 0.1) is 0 Å². The molecule has 2 N–H and O–H groups in total. The fourth-order valence-electron chi connectivity index (χ4n) is 2.14. The van der Waals surface area contributed by atoms with Crippen molar-refractivity contribution in [3.8, 4) is 5.75 Å². The molecule has 3 heteroatoms. The smallest absolute Gasteiger partial charge is 0.119 e. The minimum atomic E-state index is 0.298. The van der Waals surface area contributed by atoms with E-state index in [1.54, 1.807) is 0 Å². The van der Waals surface area contributed by atoms with Gasteiger partial charge in [-0.1, -0.05) is 32.4 Å². The molecule has 0 aromatic heterocycles. The molecule has 1 rings (SSSR count). The number of nitrogens with zero attached hydrogens (tertiary/aromatic N) is 1. The highest BCUT2D eigenvalue weighted by Crippen LogP contribution is 2.21. The van der Waals surface area contributed by atoms with Gasteiger partial charge in [-0.15, -0.1) is 0 Å². The van der Waals surface area contributed by atoms with Gasteiger partial charge in [-0.25, -0.2) is 0 Å². The number of ether oxygens (including phenoxy) is 1. The van der Waals surface area contributed by atoms with Crippen LogP contribution in [-0.4, -0.2) is 31.6 Å². The van der Waals surface area contributed by atoms with E-state index in [2.05, 4.69) is 37.9 Å². The van der Waals surface area contributed by atoms with Crippen LogP contribution in [0.25, 0.3) is 0 Å². The number of rotatable bonds is 9. The molecule has 0 aliphatic rings. The van der Waals surface area contributed by atoms with Crippen molar-refractivity contribution in [2.24, 2.45) is 5.73 Å². The van der Waals surface area contributed by atoms with E-state index in [4.69, 9.17) is 10.5 Å². The van der Waals surface area contributed by atoms with E-state index in [0.29, 0.717) is 12.6 Å². The van der Waals surface area contributed by atoms with Gasteiger partial charge in [0.2, 0.25) is 0 Å². The molecule has 19 heavy (non-hydrogen) atoms. The lowest BCUT2D eigenvalue weighted by Gasteiger charge is -2.27. The van der Waals surface area contributed by atoms with Crippen molar-refractivity contribution in [3.05, 3.63) is 29.8 Å². The molecule has 0 radical (unpaired) electrons. The number of unbranched alkanes of at least 4 members (excludes halogenated alkanes) is 1. The topological polar surface area (TPSA) is 38.5 Å². The first kappa shape index (κ1) is 16.0. The van der Waals surface area contributed by atoms with Crippen molar-refractivity contribution < 1.29 is 4.74 Å². The first-order chi connectivity index (χ1) is 9.22. The molecule has 0 spiro atoms. The Morgan fingerprint density at radius 3 is 2.37 bits per heavy atom. The zero-order chi connectivity index (χ0) is 14.1. The van der Waals surface area contributed by atoms with Gasteiger partial charge in [0, 0.05) is 12.6 Å². The number of nitrogens with two attached hydrogens (primary N) is 1. The molecular formula is C16H28N2O. The maximum absolute atomic E-state index is 5.92. The second-order valence-corrected chi connectivity index (χ2v) is 5.00. The van der Waals surface area contributed by atoms with Crippen molar-refractivity contribution in [2.75, 3.05) is 26.7 Å². The van der Waals surface area contributed by atoms with Crippen LogP contribution < -0.4 is 10.5 Å². The first-order valence-electron chi connectivity index (χ1n) is 7.36. The Bertz CT molecular complexity index is 337. The highest BCUT2D eigenvalue weighted by atomic mass is 16.5. The van der Waals surface area contributed by atoms with Gasteiger partial charge in [0.25, 0.3) is 0 Å². The predicted molar refractivity (Wildman–Crippen MR) is 81.6 cm³/mol. The Hall–Kier alpha value is -1.06. The summed E-state index contributed by atoms with van der Waals surface area (Å²) in [6.45, 7) is 6.84. The van der Waals surface area contributed by atoms with Crippen molar-refractivity contribution >= 4 is 0 Å². The lowest BCUT2D eigenvalue weighted by molar-refractivity contribution is 0.246. The van der Waals surface area contributed by atoms with Crippen molar-refractivity contribution in [1.29, 1.82) is 0 Å². The lowest BCUT2D eigenvalue weighted by atomic mass is 10.1. The Morgan fingerprint density at radius 2 is 1.84 bits per heavy atom. The van der Waals surface area contributed by atoms with E-state index in [9.17, 15) is 0 Å². The zero-order valence-electron chi connectivity index (χ0n) is 12.6. The van der Waals surface area contributed by atoms with Gasteiger partial charge >= 0.3 is 0 Å². The van der Waals surface area contributed by atoms with Crippen LogP contribution in [0.5, 0.6) is 5.75 Å². The van der Waals surface area contributed by atoms with Crippen molar-refractivity contribution in [3.63, 3.8) is 0 Å². The molecule has 0 aliphatic carbocycles. The van der Waals surface area contributed by atoms with Crippen LogP contribution in [0.15, 0.2) is 24.3 Å². The van der Waals surface area contributed by atoms with Gasteiger partial charge in [-0.2, -0.15) is 0 Å². The summed E-state index contributed by atoms with van der Waals surface area (Å²) < 4.78 is 5.60. The van der Waals surface area contributed by atoms with Gasteiger partial charge in [0.15, 0.2) is 0 Å². The molecule has 1 aromatic carbocycles. The van der Waals surface area contributed by atoms with Crippen LogP contribution in [0.4, 0.5) is 0 Å². The molecule has 3 nitrogen and oxygen atoms in total. The summed E-state index contributed by atoms with van der Waals surface area (Å²) in [7, 11) is 2.15. The van der Waals surface area contributed by atoms with E-state index in [0.717, 1.165) is 25.3 Å². The molecule has 108 valence electrons. The third kappa shape index (κ3) is 5.21. The fourth-order valence-corrected chi connectivity index (χ4v) is 2.14. The molecular weight excluding hydrogens is 236 g/mol. The summed E-state index contributed by atoms with van der Waals surface area (Å²) in [5.41, 5.74) is 7.19. The average molecular weight is 264 g/mol. The third-order valence-corrected chi connectivity index (χ3v) is 3.36. The largest absolute Gasteiger partial charge is 0.494 e. The van der Waals surface area contributed by atoms with Crippen LogP contribution >= 0.6 is 0 Å². The van der Waals surface area contributed by atoms with Crippen LogP contribution in [0.2, 0.25) is 0 Å². The predicted octanol–water partition coefficient (Wildman–Crippen LogP) is 3.21. The van der Waals surface area contributed by atoms with Crippen LogP contribution in [-0.2, 0) is 0 Å². The van der Waals surface area contributed by atoms with E-state index >= 15 is 0 Å². The molecule has 0 saturated carbocycles. The highest BCUT2D eigenvalue weighted by Gasteiger charge is 2.14. The molecule has 0 heterocycles. The Kier molecular flexibility index (Phi) is 7.53. The Morgan fingerprint density at radius 1 is 1.16 bits per heavy atom. The summed E-state index contributed by atoms with van der Waals surface area (Å²) in [5.74, 6) is 0.942. The van der Waals surface area contributed by atoms with Crippen LogP contribution in [0.3, 0.4) is 0 Å². The Balaban J connectivity index is 2.65. The molecule has 0 bridgehead atoms. The molecule has 0 aliphatic heterocycles. The summed E-state index contributed by atoms with van der Waals surface area (Å²) >= 11 is 0. The molecule has 0 saturated heterocycles. The molecule has 1 unspecified atom stereocenters. The monoisotopic (exact) mass is 264 g/mol. The van der Waals surface area contributed by atoms with Gasteiger partial charge in [0.1, 0.15) is 5.75 Å². The lowest BCUT2D eigenvalue weighted by Crippen LogP contribution is -2.31. The number of likely N-dealkylation sites (N-methyl/N-ethyl adjacent to an activating group) is 1. The third-order valence-electron chi connectivity index (χ3n) is 3.36. The summed E-state index contributed by atoms with van der Waals surface area (Å²) in [4.78, 5) is 2.34. The zero-order valence-corrected chi connectivity index (χ0v) is 12.6. The summed E-state index contributed by atoms with van der Waals surface area (Å²) in [6.07, 6.45) is 3.46. The molecule has 0 amide bonds. The number of hydrogen-bond donors (Lipinski definition) is 1. The standard InChI is InChI=1S/C16H28N2O/c1-4-6-11-18(3)16(13-17)14-7-9-15(10-8-14)19-12-5-2/h7-10,16H,4-6,11-13,17H2,1-3H3. The quantitative estimate of drug-likeness (QED) is 0.744. The average Bonchev–Trinajstić information content (AvgIpc) is 2.45. The second-order valence-electron chi connectivity index (χ2n) is 5.00. The van der Waals surface area contributed by atoms with E-state index in [1.165, 1.54) is 18.4 Å².